The fourth-order valence-electron chi connectivity index (χ4n) is 4.23. The lowest BCUT2D eigenvalue weighted by molar-refractivity contribution is -0.0292. The second-order valence-corrected chi connectivity index (χ2v) is 7.31. The second-order valence-electron chi connectivity index (χ2n) is 7.31. The molecule has 0 saturated heterocycles. The van der Waals surface area contributed by atoms with E-state index in [2.05, 4.69) is 44.0 Å². The van der Waals surface area contributed by atoms with Gasteiger partial charge in [-0.3, -0.25) is 4.98 Å². The quantitative estimate of drug-likeness (QED) is 0.864. The number of aromatic nitrogens is 1. The van der Waals surface area contributed by atoms with Gasteiger partial charge in [-0.1, -0.05) is 45.7 Å². The summed E-state index contributed by atoms with van der Waals surface area (Å²) >= 11 is 0. The maximum absolute atomic E-state index is 11.0. The van der Waals surface area contributed by atoms with E-state index in [1.54, 1.807) is 0 Å². The fraction of sp³-hybridized carbons (Fsp3) is 0.526. The van der Waals surface area contributed by atoms with E-state index in [9.17, 15) is 5.11 Å². The summed E-state index contributed by atoms with van der Waals surface area (Å²) in [4.78, 5) is 4.15. The van der Waals surface area contributed by atoms with Crippen molar-refractivity contribution in [2.45, 2.75) is 46.1 Å². The van der Waals surface area contributed by atoms with Crippen LogP contribution in [0.1, 0.15) is 51.7 Å². The molecule has 0 amide bonds. The van der Waals surface area contributed by atoms with Crippen LogP contribution in [0.2, 0.25) is 0 Å². The van der Waals surface area contributed by atoms with Crippen molar-refractivity contribution < 1.29 is 5.11 Å². The number of aliphatic hydroxyl groups is 1. The van der Waals surface area contributed by atoms with E-state index < -0.39 is 0 Å². The molecule has 1 aromatic carbocycles. The summed E-state index contributed by atoms with van der Waals surface area (Å²) in [5.41, 5.74) is 1.24. The molecule has 2 aromatic rings. The standard InChI is InChI=1S/C19H25NO/c1-13-5-4-9-19(2,3)17(13)18(21)15-6-7-16-12-20-10-8-14(16)11-15/h6-8,10-13,17-18,21H,4-5,9H2,1-3H3/t13-,17-,18+/m0/s1. The Bertz CT molecular complexity index is 634. The lowest BCUT2D eigenvalue weighted by atomic mass is 9.61. The molecule has 1 saturated carbocycles. The Hall–Kier alpha value is -1.41. The minimum absolute atomic E-state index is 0.199. The van der Waals surface area contributed by atoms with Crippen LogP contribution in [0, 0.1) is 17.3 Å². The van der Waals surface area contributed by atoms with Crippen LogP contribution in [0.15, 0.2) is 36.7 Å². The molecular formula is C19H25NO. The summed E-state index contributed by atoms with van der Waals surface area (Å²) in [7, 11) is 0. The van der Waals surface area contributed by atoms with E-state index in [1.807, 2.05) is 18.5 Å². The van der Waals surface area contributed by atoms with Crippen LogP contribution in [0.5, 0.6) is 0 Å². The molecule has 0 spiro atoms. The van der Waals surface area contributed by atoms with Gasteiger partial charge in [0.2, 0.25) is 0 Å². The number of fused-ring (bicyclic) bond motifs is 1. The molecule has 0 bridgehead atoms. The van der Waals surface area contributed by atoms with Gasteiger partial charge in [-0.05, 0) is 46.8 Å². The first kappa shape index (κ1) is 14.5. The Morgan fingerprint density at radius 1 is 1.24 bits per heavy atom. The van der Waals surface area contributed by atoms with Crippen molar-refractivity contribution in [3.8, 4) is 0 Å². The van der Waals surface area contributed by atoms with Gasteiger partial charge in [-0.25, -0.2) is 0 Å². The molecule has 1 heterocycles. The predicted octanol–water partition coefficient (Wildman–Crippen LogP) is 4.73. The highest BCUT2D eigenvalue weighted by Crippen LogP contribution is 2.49. The van der Waals surface area contributed by atoms with Crippen molar-refractivity contribution in [2.75, 3.05) is 0 Å². The van der Waals surface area contributed by atoms with Crippen LogP contribution < -0.4 is 0 Å². The second kappa shape index (κ2) is 5.42. The van der Waals surface area contributed by atoms with Crippen molar-refractivity contribution in [2.24, 2.45) is 17.3 Å². The topological polar surface area (TPSA) is 33.1 Å². The summed E-state index contributed by atoms with van der Waals surface area (Å²) in [6.07, 6.45) is 7.01. The molecule has 2 nitrogen and oxygen atoms in total. The SMILES string of the molecule is C[C@H]1CCCC(C)(C)[C@@H]1[C@H](O)c1ccc2cnccc2c1. The third kappa shape index (κ3) is 2.69. The average molecular weight is 283 g/mol. The van der Waals surface area contributed by atoms with Crippen molar-refractivity contribution in [1.82, 2.24) is 4.98 Å². The van der Waals surface area contributed by atoms with E-state index in [-0.39, 0.29) is 11.5 Å². The predicted molar refractivity (Wildman–Crippen MR) is 87.0 cm³/mol. The Morgan fingerprint density at radius 2 is 2.05 bits per heavy atom. The lowest BCUT2D eigenvalue weighted by Crippen LogP contribution is -2.37. The Morgan fingerprint density at radius 3 is 2.81 bits per heavy atom. The summed E-state index contributed by atoms with van der Waals surface area (Å²) in [5, 5.41) is 13.3. The summed E-state index contributed by atoms with van der Waals surface area (Å²) in [6.45, 7) is 6.91. The van der Waals surface area contributed by atoms with Gasteiger partial charge in [0.05, 0.1) is 6.10 Å². The van der Waals surface area contributed by atoms with Gasteiger partial charge in [-0.15, -0.1) is 0 Å². The maximum Gasteiger partial charge on any atom is 0.0826 e. The van der Waals surface area contributed by atoms with Crippen LogP contribution in [-0.2, 0) is 0 Å². The normalized spacial score (nSPS) is 26.7. The zero-order chi connectivity index (χ0) is 15.0. The fourth-order valence-corrected chi connectivity index (χ4v) is 4.23. The lowest BCUT2D eigenvalue weighted by Gasteiger charge is -2.45. The van der Waals surface area contributed by atoms with Gasteiger partial charge < -0.3 is 5.11 Å². The zero-order valence-electron chi connectivity index (χ0n) is 13.2. The molecule has 21 heavy (non-hydrogen) atoms. The third-order valence-electron chi connectivity index (χ3n) is 5.34. The van der Waals surface area contributed by atoms with Gasteiger partial charge in [0.25, 0.3) is 0 Å². The molecule has 1 aliphatic carbocycles. The molecule has 0 aliphatic heterocycles. The van der Waals surface area contributed by atoms with Crippen molar-refractivity contribution in [3.05, 3.63) is 42.2 Å². The zero-order valence-corrected chi connectivity index (χ0v) is 13.2. The minimum Gasteiger partial charge on any atom is -0.388 e. The molecule has 1 aromatic heterocycles. The molecular weight excluding hydrogens is 258 g/mol. The van der Waals surface area contributed by atoms with Crippen molar-refractivity contribution >= 4 is 10.8 Å². The largest absolute Gasteiger partial charge is 0.388 e. The molecule has 2 heteroatoms. The van der Waals surface area contributed by atoms with Crippen LogP contribution in [0.4, 0.5) is 0 Å². The van der Waals surface area contributed by atoms with Gasteiger partial charge in [0.1, 0.15) is 0 Å². The number of rotatable bonds is 2. The van der Waals surface area contributed by atoms with Crippen molar-refractivity contribution in [1.29, 1.82) is 0 Å². The average Bonchev–Trinajstić information content (AvgIpc) is 2.45. The highest BCUT2D eigenvalue weighted by Gasteiger charge is 2.41. The first-order valence-electron chi connectivity index (χ1n) is 8.01. The van der Waals surface area contributed by atoms with E-state index in [0.29, 0.717) is 11.8 Å². The minimum atomic E-state index is -0.382. The van der Waals surface area contributed by atoms with Gasteiger partial charge in [0, 0.05) is 17.8 Å². The Labute approximate surface area is 127 Å². The molecule has 3 rings (SSSR count). The smallest absolute Gasteiger partial charge is 0.0826 e. The van der Waals surface area contributed by atoms with Gasteiger partial charge in [0.15, 0.2) is 0 Å². The van der Waals surface area contributed by atoms with Crippen LogP contribution in [-0.4, -0.2) is 10.1 Å². The van der Waals surface area contributed by atoms with E-state index in [1.165, 1.54) is 19.3 Å². The molecule has 0 unspecified atom stereocenters. The highest BCUT2D eigenvalue weighted by atomic mass is 16.3. The number of pyridine rings is 1. The van der Waals surface area contributed by atoms with E-state index in [4.69, 9.17) is 0 Å². The Kier molecular flexibility index (Phi) is 3.75. The van der Waals surface area contributed by atoms with Gasteiger partial charge >= 0.3 is 0 Å². The van der Waals surface area contributed by atoms with E-state index in [0.717, 1.165) is 16.3 Å². The molecule has 1 fully saturated rings. The summed E-state index contributed by atoms with van der Waals surface area (Å²) in [6, 6.07) is 8.27. The highest BCUT2D eigenvalue weighted by molar-refractivity contribution is 5.82. The number of aliphatic hydroxyl groups excluding tert-OH is 1. The number of hydrogen-bond acceptors (Lipinski definition) is 2. The number of nitrogens with zero attached hydrogens (tertiary/aromatic N) is 1. The van der Waals surface area contributed by atoms with Crippen LogP contribution in [0.25, 0.3) is 10.8 Å². The van der Waals surface area contributed by atoms with Crippen molar-refractivity contribution in [3.63, 3.8) is 0 Å². The molecule has 0 radical (unpaired) electrons. The maximum atomic E-state index is 11.0. The molecule has 112 valence electrons. The first-order valence-corrected chi connectivity index (χ1v) is 8.01. The van der Waals surface area contributed by atoms with Crippen LogP contribution >= 0.6 is 0 Å². The summed E-state index contributed by atoms with van der Waals surface area (Å²) in [5.74, 6) is 0.891. The summed E-state index contributed by atoms with van der Waals surface area (Å²) < 4.78 is 0. The molecule has 1 aliphatic rings. The Balaban J connectivity index is 1.96. The first-order chi connectivity index (χ1) is 9.99. The monoisotopic (exact) mass is 283 g/mol. The third-order valence-corrected chi connectivity index (χ3v) is 5.34. The van der Waals surface area contributed by atoms with Crippen LogP contribution in [0.3, 0.4) is 0 Å². The molecule has 1 N–H and O–H groups in total. The number of benzene rings is 1. The van der Waals surface area contributed by atoms with E-state index >= 15 is 0 Å². The molecule has 3 atom stereocenters. The number of hydrogen-bond donors (Lipinski definition) is 1. The van der Waals surface area contributed by atoms with Gasteiger partial charge in [-0.2, -0.15) is 0 Å².